The van der Waals surface area contributed by atoms with Crippen LogP contribution in [-0.4, -0.2) is 0 Å². The number of hydrogen-bond donors (Lipinski definition) is 0. The van der Waals surface area contributed by atoms with Crippen molar-refractivity contribution in [3.63, 3.8) is 0 Å². The van der Waals surface area contributed by atoms with Gasteiger partial charge in [0.05, 0.1) is 5.41 Å². The van der Waals surface area contributed by atoms with Crippen molar-refractivity contribution in [2.75, 3.05) is 4.90 Å². The molecule has 1 heteroatoms. The van der Waals surface area contributed by atoms with Crippen LogP contribution in [0.4, 0.5) is 17.1 Å². The molecule has 0 amide bonds. The van der Waals surface area contributed by atoms with E-state index in [1.165, 1.54) is 77.9 Å². The number of nitrogens with zero attached hydrogens (tertiary/aromatic N) is 1. The van der Waals surface area contributed by atoms with Crippen molar-refractivity contribution >= 4 is 17.1 Å². The van der Waals surface area contributed by atoms with Gasteiger partial charge in [0.15, 0.2) is 0 Å². The molecule has 0 unspecified atom stereocenters. The molecule has 11 rings (SSSR count). The molecule has 1 spiro atoms. The largest absolute Gasteiger partial charge is 0.310 e. The minimum atomic E-state index is -0.365. The minimum Gasteiger partial charge on any atom is -0.310 e. The van der Waals surface area contributed by atoms with E-state index in [4.69, 9.17) is 0 Å². The summed E-state index contributed by atoms with van der Waals surface area (Å²) in [6.45, 7) is 0. The fourth-order valence-electron chi connectivity index (χ4n) is 9.42. The second-order valence-corrected chi connectivity index (χ2v) is 14.9. The topological polar surface area (TPSA) is 3.24 Å². The standard InChI is InChI=1S/C55H37N/c1-3-14-38(15-4-1)40-26-30-44(31-27-40)56(45-32-28-41(29-33-45)43-19-13-18-42(36-43)39-16-5-2-6-17-39)46-34-35-54-50(37-46)49-22-9-12-25-53(49)55(54)51-23-10-7-20-47(51)48-21-8-11-24-52(48)55/h1-37H. The van der Waals surface area contributed by atoms with Crippen LogP contribution in [0.2, 0.25) is 0 Å². The summed E-state index contributed by atoms with van der Waals surface area (Å²) in [7, 11) is 0. The van der Waals surface area contributed by atoms with Gasteiger partial charge in [0, 0.05) is 17.1 Å². The van der Waals surface area contributed by atoms with E-state index in [0.29, 0.717) is 0 Å². The van der Waals surface area contributed by atoms with Crippen LogP contribution in [0.3, 0.4) is 0 Å². The molecule has 0 saturated heterocycles. The van der Waals surface area contributed by atoms with Crippen molar-refractivity contribution in [3.05, 3.63) is 247 Å². The average molecular weight is 712 g/mol. The first-order valence-corrected chi connectivity index (χ1v) is 19.4. The van der Waals surface area contributed by atoms with E-state index in [0.717, 1.165) is 17.1 Å². The molecular formula is C55H37N. The highest BCUT2D eigenvalue weighted by Gasteiger charge is 2.51. The Bertz CT molecular complexity index is 2840. The van der Waals surface area contributed by atoms with Crippen LogP contribution in [-0.2, 0) is 5.41 Å². The van der Waals surface area contributed by atoms with E-state index in [2.05, 4.69) is 229 Å². The Kier molecular flexibility index (Phi) is 7.47. The lowest BCUT2D eigenvalue weighted by Crippen LogP contribution is -2.25. The number of anilines is 3. The third-order valence-electron chi connectivity index (χ3n) is 11.9. The average Bonchev–Trinajstić information content (AvgIpc) is 3.75. The second-order valence-electron chi connectivity index (χ2n) is 14.9. The van der Waals surface area contributed by atoms with Gasteiger partial charge in [-0.2, -0.15) is 0 Å². The van der Waals surface area contributed by atoms with E-state index in [1.807, 2.05) is 0 Å². The summed E-state index contributed by atoms with van der Waals surface area (Å²) in [5.41, 5.74) is 20.9. The molecule has 0 fully saturated rings. The van der Waals surface area contributed by atoms with Crippen LogP contribution in [0.1, 0.15) is 22.3 Å². The Labute approximate surface area is 328 Å². The molecule has 0 radical (unpaired) electrons. The molecular weight excluding hydrogens is 675 g/mol. The molecule has 56 heavy (non-hydrogen) atoms. The van der Waals surface area contributed by atoms with E-state index in [1.54, 1.807) is 0 Å². The molecule has 0 N–H and O–H groups in total. The highest BCUT2D eigenvalue weighted by molar-refractivity contribution is 5.96. The second kappa shape index (κ2) is 13.0. The fourth-order valence-corrected chi connectivity index (χ4v) is 9.42. The number of rotatable bonds is 6. The predicted octanol–water partition coefficient (Wildman–Crippen LogP) is 14.5. The third kappa shape index (κ3) is 4.95. The maximum atomic E-state index is 2.43. The molecule has 0 atom stereocenters. The summed E-state index contributed by atoms with van der Waals surface area (Å²) in [6, 6.07) is 82.3. The zero-order valence-electron chi connectivity index (χ0n) is 30.8. The van der Waals surface area contributed by atoms with Crippen LogP contribution < -0.4 is 4.90 Å². The van der Waals surface area contributed by atoms with Crippen molar-refractivity contribution in [1.82, 2.24) is 0 Å². The smallest absolute Gasteiger partial charge is 0.0725 e. The summed E-state index contributed by atoms with van der Waals surface area (Å²) in [4.78, 5) is 2.41. The summed E-state index contributed by atoms with van der Waals surface area (Å²) < 4.78 is 0. The maximum Gasteiger partial charge on any atom is 0.0725 e. The van der Waals surface area contributed by atoms with Gasteiger partial charge in [-0.25, -0.2) is 0 Å². The van der Waals surface area contributed by atoms with Crippen LogP contribution in [0.15, 0.2) is 224 Å². The first kappa shape index (κ1) is 32.2. The van der Waals surface area contributed by atoms with Crippen LogP contribution in [0, 0.1) is 0 Å². The molecule has 2 aliphatic carbocycles. The third-order valence-corrected chi connectivity index (χ3v) is 11.9. The first-order chi connectivity index (χ1) is 27.8. The van der Waals surface area contributed by atoms with E-state index >= 15 is 0 Å². The van der Waals surface area contributed by atoms with Crippen molar-refractivity contribution in [3.8, 4) is 55.6 Å². The Balaban J connectivity index is 1.06. The Morgan fingerprint density at radius 3 is 1.11 bits per heavy atom. The summed E-state index contributed by atoms with van der Waals surface area (Å²) in [5.74, 6) is 0. The van der Waals surface area contributed by atoms with Crippen molar-refractivity contribution in [2.24, 2.45) is 0 Å². The first-order valence-electron chi connectivity index (χ1n) is 19.4. The summed E-state index contributed by atoms with van der Waals surface area (Å²) in [5, 5.41) is 0. The van der Waals surface area contributed by atoms with Gasteiger partial charge in [-0.3, -0.25) is 0 Å². The molecule has 9 aromatic carbocycles. The Morgan fingerprint density at radius 2 is 0.589 bits per heavy atom. The minimum absolute atomic E-state index is 0.365. The quantitative estimate of drug-likeness (QED) is 0.166. The molecule has 9 aromatic rings. The Morgan fingerprint density at radius 1 is 0.232 bits per heavy atom. The molecule has 0 aliphatic heterocycles. The van der Waals surface area contributed by atoms with Gasteiger partial charge in [0.25, 0.3) is 0 Å². The van der Waals surface area contributed by atoms with E-state index < -0.39 is 0 Å². The highest BCUT2D eigenvalue weighted by atomic mass is 15.1. The number of hydrogen-bond acceptors (Lipinski definition) is 1. The van der Waals surface area contributed by atoms with Crippen LogP contribution in [0.5, 0.6) is 0 Å². The van der Waals surface area contributed by atoms with Crippen molar-refractivity contribution in [2.45, 2.75) is 5.41 Å². The normalized spacial score (nSPS) is 12.8. The maximum absolute atomic E-state index is 2.43. The molecule has 262 valence electrons. The van der Waals surface area contributed by atoms with Crippen LogP contribution in [0.25, 0.3) is 55.6 Å². The van der Waals surface area contributed by atoms with Gasteiger partial charge in [-0.15, -0.1) is 0 Å². The zero-order chi connectivity index (χ0) is 37.1. The summed E-state index contributed by atoms with van der Waals surface area (Å²) >= 11 is 0. The van der Waals surface area contributed by atoms with E-state index in [-0.39, 0.29) is 5.41 Å². The molecule has 0 aromatic heterocycles. The van der Waals surface area contributed by atoms with Crippen molar-refractivity contribution in [1.29, 1.82) is 0 Å². The Hall–Kier alpha value is -7.22. The summed E-state index contributed by atoms with van der Waals surface area (Å²) in [6.07, 6.45) is 0. The monoisotopic (exact) mass is 711 g/mol. The molecule has 0 bridgehead atoms. The lowest BCUT2D eigenvalue weighted by molar-refractivity contribution is 0.794. The molecule has 2 aliphatic rings. The van der Waals surface area contributed by atoms with Gasteiger partial charge in [-0.05, 0) is 120 Å². The van der Waals surface area contributed by atoms with Gasteiger partial charge in [0.2, 0.25) is 0 Å². The molecule has 0 heterocycles. The fraction of sp³-hybridized carbons (Fsp3) is 0.0182. The van der Waals surface area contributed by atoms with Gasteiger partial charge in [0.1, 0.15) is 0 Å². The lowest BCUT2D eigenvalue weighted by atomic mass is 9.70. The number of benzene rings is 9. The molecule has 0 saturated carbocycles. The van der Waals surface area contributed by atoms with E-state index in [9.17, 15) is 0 Å². The predicted molar refractivity (Wildman–Crippen MR) is 234 cm³/mol. The zero-order valence-corrected chi connectivity index (χ0v) is 30.8. The van der Waals surface area contributed by atoms with Crippen molar-refractivity contribution < 1.29 is 0 Å². The van der Waals surface area contributed by atoms with Gasteiger partial charge in [-0.1, -0.05) is 182 Å². The molecule has 1 nitrogen and oxygen atoms in total. The lowest BCUT2D eigenvalue weighted by Gasteiger charge is -2.31. The highest BCUT2D eigenvalue weighted by Crippen LogP contribution is 2.63. The SMILES string of the molecule is c1ccc(-c2ccc(N(c3ccc(-c4cccc(-c5ccccc5)c4)cc3)c3ccc4c(c3)-c3ccccc3C43c4ccccc4-c4ccccc43)cc2)cc1. The van der Waals surface area contributed by atoms with Crippen LogP contribution >= 0.6 is 0 Å². The van der Waals surface area contributed by atoms with Gasteiger partial charge >= 0.3 is 0 Å². The van der Waals surface area contributed by atoms with Gasteiger partial charge < -0.3 is 4.90 Å². The number of fused-ring (bicyclic) bond motifs is 10.